The number of nitrogens with one attached hydrogen (secondary N) is 1. The first kappa shape index (κ1) is 12.0. The van der Waals surface area contributed by atoms with E-state index in [0.29, 0.717) is 18.1 Å². The Morgan fingerprint density at radius 2 is 2.21 bits per heavy atom. The molecule has 3 heteroatoms. The maximum absolute atomic E-state index is 5.68. The molecule has 84 valence electrons. The molecule has 1 saturated heterocycles. The molecule has 2 atom stereocenters. The number of hydrogen-bond acceptors (Lipinski definition) is 3. The number of ether oxygens (including phenoxy) is 1. The highest BCUT2D eigenvalue weighted by Crippen LogP contribution is 2.19. The summed E-state index contributed by atoms with van der Waals surface area (Å²) in [5, 5.41) is 0. The first-order valence-corrected chi connectivity index (χ1v) is 5.81. The van der Waals surface area contributed by atoms with Crippen molar-refractivity contribution >= 4 is 0 Å². The van der Waals surface area contributed by atoms with Gasteiger partial charge in [-0.2, -0.15) is 0 Å². The molecule has 3 N–H and O–H groups in total. The molecular weight excluding hydrogens is 176 g/mol. The van der Waals surface area contributed by atoms with Crippen molar-refractivity contribution in [3.05, 3.63) is 0 Å². The molecule has 0 bridgehead atoms. The van der Waals surface area contributed by atoms with Crippen LogP contribution in [0.25, 0.3) is 0 Å². The lowest BCUT2D eigenvalue weighted by atomic mass is 9.96. The zero-order chi connectivity index (χ0) is 10.4. The first-order valence-electron chi connectivity index (χ1n) is 5.81. The van der Waals surface area contributed by atoms with E-state index in [4.69, 9.17) is 10.6 Å². The molecule has 14 heavy (non-hydrogen) atoms. The van der Waals surface area contributed by atoms with Crippen LogP contribution in [0.5, 0.6) is 0 Å². The lowest BCUT2D eigenvalue weighted by Crippen LogP contribution is -2.39. The van der Waals surface area contributed by atoms with Gasteiger partial charge in [-0.3, -0.25) is 11.3 Å². The topological polar surface area (TPSA) is 47.3 Å². The Labute approximate surface area is 87.4 Å². The van der Waals surface area contributed by atoms with E-state index >= 15 is 0 Å². The molecule has 1 fully saturated rings. The van der Waals surface area contributed by atoms with Gasteiger partial charge in [-0.05, 0) is 38.0 Å². The van der Waals surface area contributed by atoms with Crippen LogP contribution in [0.1, 0.15) is 46.0 Å². The van der Waals surface area contributed by atoms with Crippen LogP contribution >= 0.6 is 0 Å². The maximum Gasteiger partial charge on any atom is 0.0575 e. The van der Waals surface area contributed by atoms with Crippen LogP contribution in [0.3, 0.4) is 0 Å². The summed E-state index contributed by atoms with van der Waals surface area (Å²) in [5.41, 5.74) is 2.89. The van der Waals surface area contributed by atoms with Crippen molar-refractivity contribution < 1.29 is 4.74 Å². The highest BCUT2D eigenvalue weighted by Gasteiger charge is 2.17. The van der Waals surface area contributed by atoms with Gasteiger partial charge in [-0.25, -0.2) is 0 Å². The molecule has 0 aliphatic carbocycles. The van der Waals surface area contributed by atoms with Crippen molar-refractivity contribution in [2.75, 3.05) is 6.61 Å². The summed E-state index contributed by atoms with van der Waals surface area (Å²) in [7, 11) is 0. The number of hydrogen-bond donors (Lipinski definition) is 2. The highest BCUT2D eigenvalue weighted by atomic mass is 16.5. The van der Waals surface area contributed by atoms with Gasteiger partial charge < -0.3 is 4.74 Å². The van der Waals surface area contributed by atoms with Crippen molar-refractivity contribution in [3.63, 3.8) is 0 Å². The fraction of sp³-hybridized carbons (Fsp3) is 1.00. The molecule has 0 aromatic heterocycles. The van der Waals surface area contributed by atoms with Crippen molar-refractivity contribution in [3.8, 4) is 0 Å². The molecule has 0 spiro atoms. The highest BCUT2D eigenvalue weighted by molar-refractivity contribution is 4.71. The van der Waals surface area contributed by atoms with Gasteiger partial charge in [0.05, 0.1) is 6.10 Å². The van der Waals surface area contributed by atoms with Crippen molar-refractivity contribution in [2.24, 2.45) is 11.8 Å². The first-order chi connectivity index (χ1) is 6.74. The van der Waals surface area contributed by atoms with Gasteiger partial charge in [0, 0.05) is 12.6 Å². The fourth-order valence-corrected chi connectivity index (χ4v) is 2.01. The summed E-state index contributed by atoms with van der Waals surface area (Å²) in [4.78, 5) is 0. The third kappa shape index (κ3) is 3.95. The summed E-state index contributed by atoms with van der Waals surface area (Å²) >= 11 is 0. The summed E-state index contributed by atoms with van der Waals surface area (Å²) < 4.78 is 5.68. The fourth-order valence-electron chi connectivity index (χ4n) is 2.01. The van der Waals surface area contributed by atoms with Crippen LogP contribution in [0.15, 0.2) is 0 Å². The molecule has 1 aliphatic heterocycles. The second-order valence-corrected chi connectivity index (χ2v) is 4.58. The van der Waals surface area contributed by atoms with E-state index in [-0.39, 0.29) is 0 Å². The predicted molar refractivity (Wildman–Crippen MR) is 58.8 cm³/mol. The summed E-state index contributed by atoms with van der Waals surface area (Å²) in [6.45, 7) is 5.35. The summed E-state index contributed by atoms with van der Waals surface area (Å²) in [6.07, 6.45) is 6.55. The van der Waals surface area contributed by atoms with Crippen LogP contribution in [0.4, 0.5) is 0 Å². The quantitative estimate of drug-likeness (QED) is 0.526. The van der Waals surface area contributed by atoms with Gasteiger partial charge in [0.2, 0.25) is 0 Å². The summed E-state index contributed by atoms with van der Waals surface area (Å²) in [5.74, 6) is 6.10. The van der Waals surface area contributed by atoms with Crippen LogP contribution in [-0.2, 0) is 4.74 Å². The van der Waals surface area contributed by atoms with E-state index in [0.717, 1.165) is 19.4 Å². The van der Waals surface area contributed by atoms with Gasteiger partial charge in [-0.15, -0.1) is 0 Å². The third-order valence-corrected chi connectivity index (χ3v) is 3.09. The van der Waals surface area contributed by atoms with Gasteiger partial charge in [0.25, 0.3) is 0 Å². The smallest absolute Gasteiger partial charge is 0.0575 e. The standard InChI is InChI=1S/C11H24N2O/c1-9(2)11(13-12)7-6-10-5-3-4-8-14-10/h9-11,13H,3-8,12H2,1-2H3. The second kappa shape index (κ2) is 6.38. The SMILES string of the molecule is CC(C)C(CCC1CCCCO1)NN. The minimum atomic E-state index is 0.431. The molecule has 2 unspecified atom stereocenters. The molecule has 3 nitrogen and oxygen atoms in total. The number of nitrogens with two attached hydrogens (primary N) is 1. The van der Waals surface area contributed by atoms with E-state index in [1.807, 2.05) is 0 Å². The number of hydrazine groups is 1. The molecule has 0 aromatic rings. The van der Waals surface area contributed by atoms with Gasteiger partial charge in [-0.1, -0.05) is 13.8 Å². The maximum atomic E-state index is 5.68. The van der Waals surface area contributed by atoms with E-state index in [9.17, 15) is 0 Å². The average molecular weight is 200 g/mol. The normalized spacial score (nSPS) is 25.3. The van der Waals surface area contributed by atoms with Crippen molar-refractivity contribution in [1.29, 1.82) is 0 Å². The number of rotatable bonds is 5. The molecule has 0 aromatic carbocycles. The minimum absolute atomic E-state index is 0.431. The predicted octanol–water partition coefficient (Wildman–Crippen LogP) is 1.82. The Balaban J connectivity index is 2.16. The van der Waals surface area contributed by atoms with Crippen LogP contribution in [0, 0.1) is 5.92 Å². The Morgan fingerprint density at radius 3 is 2.71 bits per heavy atom. The molecule has 1 heterocycles. The molecule has 0 saturated carbocycles. The van der Waals surface area contributed by atoms with E-state index in [1.54, 1.807) is 0 Å². The Hall–Kier alpha value is -0.120. The zero-order valence-corrected chi connectivity index (χ0v) is 9.46. The molecular formula is C11H24N2O. The largest absolute Gasteiger partial charge is 0.378 e. The van der Waals surface area contributed by atoms with E-state index in [1.165, 1.54) is 19.3 Å². The van der Waals surface area contributed by atoms with E-state index in [2.05, 4.69) is 19.3 Å². The second-order valence-electron chi connectivity index (χ2n) is 4.58. The molecule has 0 radical (unpaired) electrons. The molecule has 1 rings (SSSR count). The molecule has 0 amide bonds. The van der Waals surface area contributed by atoms with E-state index < -0.39 is 0 Å². The van der Waals surface area contributed by atoms with Crippen LogP contribution in [0.2, 0.25) is 0 Å². The lowest BCUT2D eigenvalue weighted by Gasteiger charge is -2.26. The Morgan fingerprint density at radius 1 is 1.43 bits per heavy atom. The van der Waals surface area contributed by atoms with Crippen molar-refractivity contribution in [2.45, 2.75) is 58.1 Å². The lowest BCUT2D eigenvalue weighted by molar-refractivity contribution is 0.00779. The summed E-state index contributed by atoms with van der Waals surface area (Å²) in [6, 6.07) is 0.431. The monoisotopic (exact) mass is 200 g/mol. The zero-order valence-electron chi connectivity index (χ0n) is 9.46. The van der Waals surface area contributed by atoms with Crippen LogP contribution in [-0.4, -0.2) is 18.8 Å². The van der Waals surface area contributed by atoms with Crippen LogP contribution < -0.4 is 11.3 Å². The van der Waals surface area contributed by atoms with Crippen molar-refractivity contribution in [1.82, 2.24) is 5.43 Å². The van der Waals surface area contributed by atoms with Gasteiger partial charge in [0.15, 0.2) is 0 Å². The minimum Gasteiger partial charge on any atom is -0.378 e. The third-order valence-electron chi connectivity index (χ3n) is 3.09. The Bertz CT molecular complexity index is 144. The average Bonchev–Trinajstić information content (AvgIpc) is 2.20. The Kier molecular flexibility index (Phi) is 5.45. The van der Waals surface area contributed by atoms with Gasteiger partial charge >= 0.3 is 0 Å². The van der Waals surface area contributed by atoms with Gasteiger partial charge in [0.1, 0.15) is 0 Å². The molecule has 1 aliphatic rings.